The van der Waals surface area contributed by atoms with Crippen LogP contribution in [0.15, 0.2) is 24.3 Å². The second-order valence-electron chi connectivity index (χ2n) is 5.97. The second-order valence-corrected chi connectivity index (χ2v) is 6.40. The van der Waals surface area contributed by atoms with E-state index in [0.29, 0.717) is 6.04 Å². The lowest BCUT2D eigenvalue weighted by Crippen LogP contribution is -2.51. The number of hydrogen-bond acceptors (Lipinski definition) is 3. The Morgan fingerprint density at radius 2 is 1.70 bits per heavy atom. The third-order valence-corrected chi connectivity index (χ3v) is 4.91. The van der Waals surface area contributed by atoms with Crippen molar-refractivity contribution in [3.05, 3.63) is 29.3 Å². The molecular formula is C16H23ClN2O. The predicted octanol–water partition coefficient (Wildman–Crippen LogP) is 2.77. The Labute approximate surface area is 126 Å². The zero-order chi connectivity index (χ0) is 13.9. The Morgan fingerprint density at radius 3 is 2.35 bits per heavy atom. The Kier molecular flexibility index (Phi) is 4.49. The molecule has 4 heteroatoms. The molecule has 1 saturated carbocycles. The molecule has 3 nitrogen and oxygen atoms in total. The van der Waals surface area contributed by atoms with Crippen molar-refractivity contribution in [1.29, 1.82) is 0 Å². The third-order valence-electron chi connectivity index (χ3n) is 4.67. The molecule has 2 fully saturated rings. The fraction of sp³-hybridized carbons (Fsp3) is 0.625. The molecule has 20 heavy (non-hydrogen) atoms. The van der Waals surface area contributed by atoms with Gasteiger partial charge < -0.3 is 10.0 Å². The minimum absolute atomic E-state index is 0.0565. The van der Waals surface area contributed by atoms with Gasteiger partial charge in [-0.2, -0.15) is 0 Å². The highest BCUT2D eigenvalue weighted by Crippen LogP contribution is 2.26. The van der Waals surface area contributed by atoms with E-state index in [-0.39, 0.29) is 6.10 Å². The summed E-state index contributed by atoms with van der Waals surface area (Å²) in [6, 6.07) is 8.81. The smallest absolute Gasteiger partial charge is 0.0541 e. The Balaban J connectivity index is 1.54. The quantitative estimate of drug-likeness (QED) is 0.908. The van der Waals surface area contributed by atoms with Gasteiger partial charge in [-0.25, -0.2) is 0 Å². The second kappa shape index (κ2) is 6.33. The Bertz CT molecular complexity index is 438. The molecule has 3 rings (SSSR count). The molecule has 1 N–H and O–H groups in total. The number of anilines is 1. The molecule has 0 aromatic heterocycles. The van der Waals surface area contributed by atoms with Crippen LogP contribution in [0.5, 0.6) is 0 Å². The van der Waals surface area contributed by atoms with Crippen LogP contribution in [-0.2, 0) is 0 Å². The lowest BCUT2D eigenvalue weighted by atomic mass is 9.91. The summed E-state index contributed by atoms with van der Waals surface area (Å²) in [5.41, 5.74) is 1.23. The normalized spacial score (nSPS) is 28.6. The molecule has 1 aromatic carbocycles. The fourth-order valence-electron chi connectivity index (χ4n) is 3.44. The lowest BCUT2D eigenvalue weighted by Gasteiger charge is -2.42. The summed E-state index contributed by atoms with van der Waals surface area (Å²) in [6.07, 6.45) is 4.19. The summed E-state index contributed by atoms with van der Waals surface area (Å²) in [5, 5.41) is 10.4. The lowest BCUT2D eigenvalue weighted by molar-refractivity contribution is 0.0711. The number of piperazine rings is 1. The van der Waals surface area contributed by atoms with Crippen LogP contribution < -0.4 is 4.90 Å². The molecule has 2 aliphatic rings. The van der Waals surface area contributed by atoms with Crippen molar-refractivity contribution in [2.45, 2.75) is 37.8 Å². The molecule has 110 valence electrons. The van der Waals surface area contributed by atoms with Crippen LogP contribution in [0.4, 0.5) is 5.69 Å². The zero-order valence-electron chi connectivity index (χ0n) is 11.8. The van der Waals surface area contributed by atoms with Crippen molar-refractivity contribution in [1.82, 2.24) is 4.90 Å². The molecule has 0 bridgehead atoms. The van der Waals surface area contributed by atoms with Gasteiger partial charge in [0.15, 0.2) is 0 Å². The van der Waals surface area contributed by atoms with Crippen LogP contribution in [0.1, 0.15) is 25.7 Å². The number of halogens is 1. The molecule has 1 aliphatic carbocycles. The average molecular weight is 295 g/mol. The van der Waals surface area contributed by atoms with Gasteiger partial charge in [-0.05, 0) is 43.9 Å². The summed E-state index contributed by atoms with van der Waals surface area (Å²) in [7, 11) is 0. The van der Waals surface area contributed by atoms with Crippen molar-refractivity contribution in [3.8, 4) is 0 Å². The van der Waals surface area contributed by atoms with Gasteiger partial charge in [0.1, 0.15) is 0 Å². The average Bonchev–Trinajstić information content (AvgIpc) is 2.48. The van der Waals surface area contributed by atoms with E-state index in [1.54, 1.807) is 0 Å². The maximum absolute atomic E-state index is 9.60. The molecule has 0 atom stereocenters. The van der Waals surface area contributed by atoms with Crippen molar-refractivity contribution < 1.29 is 5.11 Å². The van der Waals surface area contributed by atoms with E-state index in [1.807, 2.05) is 18.2 Å². The van der Waals surface area contributed by atoms with Gasteiger partial charge in [-0.1, -0.05) is 17.7 Å². The molecular weight excluding hydrogens is 272 g/mol. The molecule has 0 amide bonds. The van der Waals surface area contributed by atoms with Crippen molar-refractivity contribution >= 4 is 17.3 Å². The Hall–Kier alpha value is -0.770. The monoisotopic (exact) mass is 294 g/mol. The van der Waals surface area contributed by atoms with Crippen LogP contribution in [0.2, 0.25) is 5.02 Å². The fourth-order valence-corrected chi connectivity index (χ4v) is 3.63. The van der Waals surface area contributed by atoms with E-state index in [9.17, 15) is 5.11 Å². The van der Waals surface area contributed by atoms with Crippen molar-refractivity contribution in [3.63, 3.8) is 0 Å². The summed E-state index contributed by atoms with van der Waals surface area (Å²) >= 11 is 6.07. The van der Waals surface area contributed by atoms with Crippen LogP contribution in [0, 0.1) is 0 Å². The summed E-state index contributed by atoms with van der Waals surface area (Å²) < 4.78 is 0. The maximum Gasteiger partial charge on any atom is 0.0541 e. The molecule has 1 aliphatic heterocycles. The third kappa shape index (κ3) is 3.27. The van der Waals surface area contributed by atoms with E-state index in [2.05, 4.69) is 15.9 Å². The van der Waals surface area contributed by atoms with Gasteiger partial charge >= 0.3 is 0 Å². The highest BCUT2D eigenvalue weighted by Gasteiger charge is 2.27. The van der Waals surface area contributed by atoms with Gasteiger partial charge in [0.2, 0.25) is 0 Å². The highest BCUT2D eigenvalue weighted by molar-refractivity contribution is 6.30. The van der Waals surface area contributed by atoms with E-state index in [0.717, 1.165) is 56.9 Å². The van der Waals surface area contributed by atoms with E-state index in [4.69, 9.17) is 11.6 Å². The standard InChI is InChI=1S/C16H23ClN2O/c17-13-2-1-3-15(12-13)19-10-8-18(9-11-19)14-4-6-16(20)7-5-14/h1-3,12,14,16,20H,4-11H2. The molecule has 1 aromatic rings. The van der Waals surface area contributed by atoms with Gasteiger partial charge in [0.25, 0.3) is 0 Å². The summed E-state index contributed by atoms with van der Waals surface area (Å²) in [4.78, 5) is 5.02. The minimum atomic E-state index is -0.0565. The van der Waals surface area contributed by atoms with Crippen LogP contribution >= 0.6 is 11.6 Å². The number of hydrogen-bond donors (Lipinski definition) is 1. The molecule has 0 radical (unpaired) electrons. The number of benzene rings is 1. The largest absolute Gasteiger partial charge is 0.393 e. The first-order valence-corrected chi connectivity index (χ1v) is 8.03. The van der Waals surface area contributed by atoms with Crippen molar-refractivity contribution in [2.75, 3.05) is 31.1 Å². The van der Waals surface area contributed by atoms with Gasteiger partial charge in [-0.15, -0.1) is 0 Å². The molecule has 0 unspecified atom stereocenters. The number of nitrogens with zero attached hydrogens (tertiary/aromatic N) is 2. The van der Waals surface area contributed by atoms with E-state index < -0.39 is 0 Å². The van der Waals surface area contributed by atoms with Gasteiger partial charge in [0.05, 0.1) is 6.10 Å². The van der Waals surface area contributed by atoms with E-state index >= 15 is 0 Å². The first kappa shape index (κ1) is 14.2. The number of aliphatic hydroxyl groups is 1. The minimum Gasteiger partial charge on any atom is -0.393 e. The van der Waals surface area contributed by atoms with E-state index in [1.165, 1.54) is 5.69 Å². The first-order chi connectivity index (χ1) is 9.72. The number of rotatable bonds is 2. The maximum atomic E-state index is 9.60. The Morgan fingerprint density at radius 1 is 1.00 bits per heavy atom. The summed E-state index contributed by atoms with van der Waals surface area (Å²) in [6.45, 7) is 4.37. The number of aliphatic hydroxyl groups excluding tert-OH is 1. The SMILES string of the molecule is OC1CCC(N2CCN(c3cccc(Cl)c3)CC2)CC1. The molecule has 1 heterocycles. The predicted molar refractivity (Wildman–Crippen MR) is 83.5 cm³/mol. The summed E-state index contributed by atoms with van der Waals surface area (Å²) in [5.74, 6) is 0. The van der Waals surface area contributed by atoms with Crippen molar-refractivity contribution in [2.24, 2.45) is 0 Å². The topological polar surface area (TPSA) is 26.7 Å². The first-order valence-electron chi connectivity index (χ1n) is 7.65. The highest BCUT2D eigenvalue weighted by atomic mass is 35.5. The van der Waals surface area contributed by atoms with Crippen LogP contribution in [0.3, 0.4) is 0 Å². The van der Waals surface area contributed by atoms with Crippen LogP contribution in [-0.4, -0.2) is 48.3 Å². The molecule has 0 spiro atoms. The zero-order valence-corrected chi connectivity index (χ0v) is 12.6. The molecule has 1 saturated heterocycles. The van der Waals surface area contributed by atoms with Gasteiger partial charge in [-0.3, -0.25) is 4.90 Å². The van der Waals surface area contributed by atoms with Crippen LogP contribution in [0.25, 0.3) is 0 Å². The van der Waals surface area contributed by atoms with Gasteiger partial charge in [0, 0.05) is 42.9 Å².